The molecule has 0 aliphatic heterocycles. The zero-order valence-corrected chi connectivity index (χ0v) is 20.0. The highest BCUT2D eigenvalue weighted by Crippen LogP contribution is 2.24. The quantitative estimate of drug-likeness (QED) is 0.203. The minimum atomic E-state index is -0.567. The second kappa shape index (κ2) is 11.8. The standard InChI is InChI=1S/C24H26FN3O5S/c1-15(21(29)26-14-16-5-8-18(25)9-6-16)34-24-27-20-13-17(23(31)33-3)7-10-19(20)22(30)28(24)11-4-12-32-2/h5-10,13,15H,4,11-12,14H2,1-3H3,(H,26,29). The summed E-state index contributed by atoms with van der Waals surface area (Å²) in [4.78, 5) is 42.4. The van der Waals surface area contributed by atoms with E-state index < -0.39 is 11.2 Å². The molecule has 8 nitrogen and oxygen atoms in total. The number of nitrogens with zero attached hydrogens (tertiary/aromatic N) is 2. The molecule has 0 aliphatic rings. The summed E-state index contributed by atoms with van der Waals surface area (Å²) >= 11 is 1.15. The number of nitrogens with one attached hydrogen (secondary N) is 1. The van der Waals surface area contributed by atoms with Crippen molar-refractivity contribution < 1.29 is 23.5 Å². The molecule has 3 aromatic rings. The van der Waals surface area contributed by atoms with E-state index in [0.717, 1.165) is 17.3 Å². The Hall–Kier alpha value is -3.24. The van der Waals surface area contributed by atoms with Crippen molar-refractivity contribution in [2.45, 2.75) is 36.8 Å². The Kier molecular flexibility index (Phi) is 8.78. The number of rotatable bonds is 10. The number of aromatic nitrogens is 2. The van der Waals surface area contributed by atoms with Crippen LogP contribution in [0, 0.1) is 5.82 Å². The fraction of sp³-hybridized carbons (Fsp3) is 0.333. The van der Waals surface area contributed by atoms with Crippen LogP contribution in [0.1, 0.15) is 29.3 Å². The van der Waals surface area contributed by atoms with Gasteiger partial charge in [-0.15, -0.1) is 0 Å². The number of hydrogen-bond donors (Lipinski definition) is 1. The van der Waals surface area contributed by atoms with E-state index in [0.29, 0.717) is 35.6 Å². The smallest absolute Gasteiger partial charge is 0.337 e. The molecule has 3 rings (SSSR count). The molecular weight excluding hydrogens is 461 g/mol. The summed E-state index contributed by atoms with van der Waals surface area (Å²) < 4.78 is 24.5. The SMILES string of the molecule is COCCCn1c(SC(C)C(=O)NCc2ccc(F)cc2)nc2cc(C(=O)OC)ccc2c1=O. The van der Waals surface area contributed by atoms with Gasteiger partial charge >= 0.3 is 5.97 Å². The molecule has 0 spiro atoms. The van der Waals surface area contributed by atoms with Gasteiger partial charge in [-0.25, -0.2) is 14.2 Å². The van der Waals surface area contributed by atoms with Crippen molar-refractivity contribution in [1.29, 1.82) is 0 Å². The van der Waals surface area contributed by atoms with Gasteiger partial charge in [0, 0.05) is 26.8 Å². The van der Waals surface area contributed by atoms with Crippen LogP contribution in [0.4, 0.5) is 4.39 Å². The lowest BCUT2D eigenvalue weighted by molar-refractivity contribution is -0.120. The summed E-state index contributed by atoms with van der Waals surface area (Å²) in [5.74, 6) is -1.13. The lowest BCUT2D eigenvalue weighted by atomic mass is 10.1. The second-order valence-corrected chi connectivity index (χ2v) is 8.83. The number of thioether (sulfide) groups is 1. The van der Waals surface area contributed by atoms with E-state index in [2.05, 4.69) is 10.3 Å². The van der Waals surface area contributed by atoms with Crippen molar-refractivity contribution in [3.8, 4) is 0 Å². The van der Waals surface area contributed by atoms with Gasteiger partial charge in [0.05, 0.1) is 28.8 Å². The maximum Gasteiger partial charge on any atom is 0.337 e. The number of carbonyl (C=O) groups is 2. The summed E-state index contributed by atoms with van der Waals surface area (Å²) in [5, 5.41) is 2.97. The van der Waals surface area contributed by atoms with Gasteiger partial charge in [-0.2, -0.15) is 0 Å². The van der Waals surface area contributed by atoms with Crippen LogP contribution in [-0.2, 0) is 27.4 Å². The van der Waals surface area contributed by atoms with Crippen molar-refractivity contribution in [2.24, 2.45) is 0 Å². The van der Waals surface area contributed by atoms with E-state index in [1.807, 2.05) is 0 Å². The molecule has 180 valence electrons. The number of carbonyl (C=O) groups excluding carboxylic acids is 2. The van der Waals surface area contributed by atoms with Gasteiger partial charge in [-0.3, -0.25) is 14.2 Å². The summed E-state index contributed by atoms with van der Waals surface area (Å²) in [6, 6.07) is 10.5. The first kappa shape index (κ1) is 25.4. The molecule has 0 aliphatic carbocycles. The highest BCUT2D eigenvalue weighted by atomic mass is 32.2. The third kappa shape index (κ3) is 6.21. The zero-order valence-electron chi connectivity index (χ0n) is 19.2. The van der Waals surface area contributed by atoms with Crippen molar-refractivity contribution in [3.05, 3.63) is 69.8 Å². The molecule has 0 saturated carbocycles. The van der Waals surface area contributed by atoms with Crippen molar-refractivity contribution >= 4 is 34.5 Å². The fourth-order valence-corrected chi connectivity index (χ4v) is 4.21. The summed E-state index contributed by atoms with van der Waals surface area (Å²) in [6.45, 7) is 2.79. The monoisotopic (exact) mass is 487 g/mol. The van der Waals surface area contributed by atoms with Gasteiger partial charge in [-0.05, 0) is 49.2 Å². The van der Waals surface area contributed by atoms with Gasteiger partial charge in [-0.1, -0.05) is 23.9 Å². The maximum atomic E-state index is 13.2. The number of fused-ring (bicyclic) bond motifs is 1. The molecule has 0 bridgehead atoms. The van der Waals surface area contributed by atoms with E-state index in [4.69, 9.17) is 9.47 Å². The topological polar surface area (TPSA) is 99.5 Å². The van der Waals surface area contributed by atoms with Gasteiger partial charge in [0.15, 0.2) is 5.16 Å². The summed E-state index contributed by atoms with van der Waals surface area (Å²) in [7, 11) is 2.86. The molecule has 1 N–H and O–H groups in total. The van der Waals surface area contributed by atoms with Gasteiger partial charge in [0.25, 0.3) is 5.56 Å². The first-order valence-corrected chi connectivity index (χ1v) is 11.5. The molecule has 34 heavy (non-hydrogen) atoms. The molecule has 1 aromatic heterocycles. The third-order valence-corrected chi connectivity index (χ3v) is 6.19. The van der Waals surface area contributed by atoms with Crippen LogP contribution < -0.4 is 10.9 Å². The lowest BCUT2D eigenvalue weighted by Gasteiger charge is -2.16. The Balaban J connectivity index is 1.86. The molecule has 10 heteroatoms. The maximum absolute atomic E-state index is 13.2. The van der Waals surface area contributed by atoms with Crippen molar-refractivity contribution in [2.75, 3.05) is 20.8 Å². The fourth-order valence-electron chi connectivity index (χ4n) is 3.25. The molecule has 1 heterocycles. The first-order chi connectivity index (χ1) is 16.3. The predicted octanol–water partition coefficient (Wildman–Crippen LogP) is 3.16. The second-order valence-electron chi connectivity index (χ2n) is 7.53. The number of methoxy groups -OCH3 is 2. The molecule has 0 saturated heterocycles. The van der Waals surface area contributed by atoms with Crippen LogP contribution in [-0.4, -0.2) is 47.5 Å². The van der Waals surface area contributed by atoms with Crippen LogP contribution in [0.2, 0.25) is 0 Å². The Morgan fingerprint density at radius 3 is 2.59 bits per heavy atom. The summed E-state index contributed by atoms with van der Waals surface area (Å²) in [6.07, 6.45) is 0.586. The van der Waals surface area contributed by atoms with E-state index >= 15 is 0 Å². The number of benzene rings is 2. The van der Waals surface area contributed by atoms with Crippen molar-refractivity contribution in [1.82, 2.24) is 14.9 Å². The van der Waals surface area contributed by atoms with Crippen LogP contribution >= 0.6 is 11.8 Å². The zero-order chi connectivity index (χ0) is 24.7. The Bertz CT molecular complexity index is 1230. The molecule has 1 atom stereocenters. The highest BCUT2D eigenvalue weighted by Gasteiger charge is 2.20. The minimum absolute atomic E-state index is 0.248. The Labute approximate surface area is 200 Å². The molecule has 0 radical (unpaired) electrons. The van der Waals surface area contributed by atoms with Gasteiger partial charge in [0.2, 0.25) is 5.91 Å². The summed E-state index contributed by atoms with van der Waals surface area (Å²) in [5.41, 5.74) is 1.12. The number of esters is 1. The van der Waals surface area contributed by atoms with E-state index in [1.165, 1.54) is 35.9 Å². The first-order valence-electron chi connectivity index (χ1n) is 10.6. The molecule has 1 unspecified atom stereocenters. The Morgan fingerprint density at radius 2 is 1.91 bits per heavy atom. The number of ether oxygens (including phenoxy) is 2. The van der Waals surface area contributed by atoms with Gasteiger partial charge in [0.1, 0.15) is 5.82 Å². The number of amides is 1. The predicted molar refractivity (Wildman–Crippen MR) is 127 cm³/mol. The van der Waals surface area contributed by atoms with Gasteiger partial charge < -0.3 is 14.8 Å². The van der Waals surface area contributed by atoms with Crippen LogP contribution in [0.15, 0.2) is 52.4 Å². The third-order valence-electron chi connectivity index (χ3n) is 5.10. The van der Waals surface area contributed by atoms with Crippen molar-refractivity contribution in [3.63, 3.8) is 0 Å². The Morgan fingerprint density at radius 1 is 1.18 bits per heavy atom. The normalized spacial score (nSPS) is 11.9. The largest absolute Gasteiger partial charge is 0.465 e. The van der Waals surface area contributed by atoms with Crippen LogP contribution in [0.5, 0.6) is 0 Å². The number of hydrogen-bond acceptors (Lipinski definition) is 7. The lowest BCUT2D eigenvalue weighted by Crippen LogP contribution is -2.32. The molecule has 2 aromatic carbocycles. The van der Waals surface area contributed by atoms with Crippen LogP contribution in [0.3, 0.4) is 0 Å². The van der Waals surface area contributed by atoms with E-state index in [1.54, 1.807) is 32.2 Å². The average molecular weight is 488 g/mol. The number of halogens is 1. The van der Waals surface area contributed by atoms with E-state index in [9.17, 15) is 18.8 Å². The highest BCUT2D eigenvalue weighted by molar-refractivity contribution is 8.00. The molecular formula is C24H26FN3O5S. The van der Waals surface area contributed by atoms with E-state index in [-0.39, 0.29) is 29.4 Å². The van der Waals surface area contributed by atoms with Crippen LogP contribution in [0.25, 0.3) is 10.9 Å². The minimum Gasteiger partial charge on any atom is -0.465 e. The molecule has 1 amide bonds. The molecule has 0 fully saturated rings. The average Bonchev–Trinajstić information content (AvgIpc) is 2.84.